The zero-order valence-electron chi connectivity index (χ0n) is 15.4. The number of benzene rings is 2. The molecule has 1 unspecified atom stereocenters. The molecule has 2 aromatic rings. The Hall–Kier alpha value is -3.39. The van der Waals surface area contributed by atoms with Crippen LogP contribution in [-0.2, 0) is 20.4 Å². The summed E-state index contributed by atoms with van der Waals surface area (Å²) in [5.74, 6) is -8.63. The lowest BCUT2D eigenvalue weighted by molar-refractivity contribution is -0.122. The van der Waals surface area contributed by atoms with E-state index >= 15 is 0 Å². The third-order valence-electron chi connectivity index (χ3n) is 3.91. The Morgan fingerprint density at radius 1 is 1.03 bits per heavy atom. The van der Waals surface area contributed by atoms with Gasteiger partial charge in [0, 0.05) is 11.1 Å². The van der Waals surface area contributed by atoms with Crippen molar-refractivity contribution in [2.45, 2.75) is 11.8 Å². The average molecular weight is 439 g/mol. The van der Waals surface area contributed by atoms with Crippen LogP contribution in [0.15, 0.2) is 42.5 Å². The van der Waals surface area contributed by atoms with Crippen molar-refractivity contribution >= 4 is 21.7 Å². The number of nitriles is 1. The minimum atomic E-state index is -4.27. The van der Waals surface area contributed by atoms with Gasteiger partial charge < -0.3 is 10.6 Å². The molecule has 0 saturated carbocycles. The number of carbonyl (C=O) groups excluding carboxylic acids is 2. The number of halogens is 3. The number of carbonyl (C=O) groups is 2. The fraction of sp³-hybridized carbons (Fsp3) is 0.211. The van der Waals surface area contributed by atoms with Gasteiger partial charge in [0.25, 0.3) is 5.91 Å². The van der Waals surface area contributed by atoms with Crippen molar-refractivity contribution in [3.63, 3.8) is 0 Å². The molecule has 158 valence electrons. The van der Waals surface area contributed by atoms with Crippen LogP contribution in [0.5, 0.6) is 0 Å². The van der Waals surface area contributed by atoms with Gasteiger partial charge in [-0.3, -0.25) is 9.59 Å². The Morgan fingerprint density at radius 3 is 2.33 bits per heavy atom. The summed E-state index contributed by atoms with van der Waals surface area (Å²) in [6.45, 7) is -0.436. The number of hydrogen-bond acceptors (Lipinski definition) is 5. The minimum absolute atomic E-state index is 0.152. The Bertz CT molecular complexity index is 1090. The highest BCUT2D eigenvalue weighted by Gasteiger charge is 2.29. The highest BCUT2D eigenvalue weighted by atomic mass is 32.2. The van der Waals surface area contributed by atoms with Gasteiger partial charge >= 0.3 is 0 Å². The van der Waals surface area contributed by atoms with Gasteiger partial charge in [0.2, 0.25) is 5.91 Å². The number of sulfone groups is 1. The van der Waals surface area contributed by atoms with Gasteiger partial charge in [-0.2, -0.15) is 5.26 Å². The van der Waals surface area contributed by atoms with Crippen LogP contribution in [0.25, 0.3) is 0 Å². The summed E-state index contributed by atoms with van der Waals surface area (Å²) in [5.41, 5.74) is -0.473. The zero-order valence-corrected chi connectivity index (χ0v) is 16.2. The molecule has 0 radical (unpaired) electrons. The van der Waals surface area contributed by atoms with Crippen molar-refractivity contribution in [2.24, 2.45) is 0 Å². The summed E-state index contributed by atoms with van der Waals surface area (Å²) < 4.78 is 65.2. The Balaban J connectivity index is 2.23. The number of rotatable bonds is 8. The SMILES string of the molecule is N#CCNC(=O)C(CS(=O)(=O)Cc1ccc(F)c(F)c1F)NC(=O)c1ccccc1. The van der Waals surface area contributed by atoms with Gasteiger partial charge in [-0.25, -0.2) is 21.6 Å². The van der Waals surface area contributed by atoms with Gasteiger partial charge in [-0.15, -0.1) is 0 Å². The van der Waals surface area contributed by atoms with E-state index in [-0.39, 0.29) is 5.56 Å². The van der Waals surface area contributed by atoms with E-state index in [0.717, 1.165) is 6.07 Å². The molecule has 2 rings (SSSR count). The Morgan fingerprint density at radius 2 is 1.70 bits per heavy atom. The summed E-state index contributed by atoms with van der Waals surface area (Å²) in [7, 11) is -4.27. The Kier molecular flexibility index (Phi) is 7.54. The zero-order chi connectivity index (χ0) is 22.3. The number of amides is 2. The highest BCUT2D eigenvalue weighted by molar-refractivity contribution is 7.90. The lowest BCUT2D eigenvalue weighted by atomic mass is 10.2. The average Bonchev–Trinajstić information content (AvgIpc) is 2.72. The maximum absolute atomic E-state index is 13.8. The minimum Gasteiger partial charge on any atom is -0.341 e. The fourth-order valence-electron chi connectivity index (χ4n) is 2.49. The number of nitrogens with one attached hydrogen (secondary N) is 2. The van der Waals surface area contributed by atoms with Crippen LogP contribution in [0.2, 0.25) is 0 Å². The standard InChI is InChI=1S/C19H16F3N3O4S/c20-14-7-6-13(16(21)17(14)22)10-30(28,29)11-15(19(27)24-9-8-23)25-18(26)12-4-2-1-3-5-12/h1-7,15H,9-11H2,(H,24,27)(H,25,26). The van der Waals surface area contributed by atoms with Gasteiger partial charge in [0.05, 0.1) is 17.6 Å². The van der Waals surface area contributed by atoms with Crippen molar-refractivity contribution in [3.8, 4) is 6.07 Å². The first-order valence-corrected chi connectivity index (χ1v) is 10.3. The van der Waals surface area contributed by atoms with Crippen molar-refractivity contribution < 1.29 is 31.2 Å². The van der Waals surface area contributed by atoms with Crippen LogP contribution in [0, 0.1) is 28.8 Å². The molecule has 7 nitrogen and oxygen atoms in total. The van der Waals surface area contributed by atoms with Gasteiger partial charge in [-0.05, 0) is 18.2 Å². The molecule has 11 heteroatoms. The van der Waals surface area contributed by atoms with Crippen molar-refractivity contribution in [1.82, 2.24) is 10.6 Å². The van der Waals surface area contributed by atoms with Crippen LogP contribution in [0.4, 0.5) is 13.2 Å². The smallest absolute Gasteiger partial charge is 0.251 e. The molecule has 0 heterocycles. The lowest BCUT2D eigenvalue weighted by Crippen LogP contribution is -2.50. The summed E-state index contributed by atoms with van der Waals surface area (Å²) in [6.07, 6.45) is 0. The first-order valence-electron chi connectivity index (χ1n) is 8.48. The normalized spacial score (nSPS) is 11.9. The lowest BCUT2D eigenvalue weighted by Gasteiger charge is -2.18. The molecule has 0 aliphatic rings. The van der Waals surface area contributed by atoms with Crippen LogP contribution >= 0.6 is 0 Å². The molecule has 2 aromatic carbocycles. The Labute approximate surface area is 170 Å². The third-order valence-corrected chi connectivity index (χ3v) is 5.50. The number of nitrogens with zero attached hydrogens (tertiary/aromatic N) is 1. The van der Waals surface area contributed by atoms with Gasteiger partial charge in [-0.1, -0.05) is 24.3 Å². The molecule has 0 bridgehead atoms. The van der Waals surface area contributed by atoms with Crippen LogP contribution in [0.1, 0.15) is 15.9 Å². The molecule has 0 saturated heterocycles. The summed E-state index contributed by atoms with van der Waals surface area (Å²) in [4.78, 5) is 24.6. The predicted octanol–water partition coefficient (Wildman–Crippen LogP) is 1.46. The van der Waals surface area contributed by atoms with Crippen LogP contribution in [-0.4, -0.2) is 38.6 Å². The molecular weight excluding hydrogens is 423 g/mol. The molecule has 2 amide bonds. The topological polar surface area (TPSA) is 116 Å². The first-order chi connectivity index (χ1) is 14.1. The first kappa shape index (κ1) is 22.9. The molecule has 2 N–H and O–H groups in total. The summed E-state index contributed by atoms with van der Waals surface area (Å²) in [6, 6.07) is 9.02. The summed E-state index contributed by atoms with van der Waals surface area (Å²) in [5, 5.41) is 13.0. The maximum atomic E-state index is 13.8. The van der Waals surface area contributed by atoms with E-state index in [4.69, 9.17) is 5.26 Å². The molecule has 0 aliphatic carbocycles. The van der Waals surface area contributed by atoms with E-state index in [1.54, 1.807) is 24.3 Å². The highest BCUT2D eigenvalue weighted by Crippen LogP contribution is 2.18. The second kappa shape index (κ2) is 9.89. The van der Waals surface area contributed by atoms with Crippen molar-refractivity contribution in [3.05, 3.63) is 71.0 Å². The monoisotopic (exact) mass is 439 g/mol. The van der Waals surface area contributed by atoms with Gasteiger partial charge in [0.15, 0.2) is 27.3 Å². The largest absolute Gasteiger partial charge is 0.341 e. The van der Waals surface area contributed by atoms with Crippen molar-refractivity contribution in [2.75, 3.05) is 12.3 Å². The molecule has 30 heavy (non-hydrogen) atoms. The molecular formula is C19H16F3N3O4S. The van der Waals surface area contributed by atoms with Crippen molar-refractivity contribution in [1.29, 1.82) is 5.26 Å². The van der Waals surface area contributed by atoms with E-state index in [0.29, 0.717) is 6.07 Å². The van der Waals surface area contributed by atoms with Gasteiger partial charge in [0.1, 0.15) is 12.6 Å². The number of hydrogen-bond donors (Lipinski definition) is 2. The maximum Gasteiger partial charge on any atom is 0.251 e. The van der Waals surface area contributed by atoms with E-state index in [2.05, 4.69) is 10.6 Å². The van der Waals surface area contributed by atoms with E-state index in [1.807, 2.05) is 0 Å². The van der Waals surface area contributed by atoms with E-state index in [1.165, 1.54) is 12.1 Å². The molecule has 0 aromatic heterocycles. The third kappa shape index (κ3) is 6.05. The molecule has 1 atom stereocenters. The van der Waals surface area contributed by atoms with E-state index in [9.17, 15) is 31.2 Å². The second-order valence-electron chi connectivity index (χ2n) is 6.16. The summed E-state index contributed by atoms with van der Waals surface area (Å²) >= 11 is 0. The fourth-order valence-corrected chi connectivity index (χ4v) is 4.05. The molecule has 0 fully saturated rings. The second-order valence-corrected chi connectivity index (χ2v) is 8.27. The molecule has 0 spiro atoms. The van der Waals surface area contributed by atoms with Crippen LogP contribution < -0.4 is 10.6 Å². The van der Waals surface area contributed by atoms with Crippen LogP contribution in [0.3, 0.4) is 0 Å². The van der Waals surface area contributed by atoms with E-state index < -0.39 is 68.8 Å². The predicted molar refractivity (Wildman–Crippen MR) is 100 cm³/mol. The quantitative estimate of drug-likeness (QED) is 0.477. The molecule has 0 aliphatic heterocycles.